The van der Waals surface area contributed by atoms with Gasteiger partial charge in [-0.25, -0.2) is 18.0 Å². The van der Waals surface area contributed by atoms with Crippen molar-refractivity contribution in [3.63, 3.8) is 0 Å². The standard InChI is InChI=1S/C12H14N2O5S/c1-7(6-20(2,18)19)14-10-4-3-8(11(15)16)5-9(10)13-12(14)17/h3-5,7H,6H2,1-2H3,(H,13,17)(H,15,16). The monoisotopic (exact) mass is 298 g/mol. The number of hydrogen-bond acceptors (Lipinski definition) is 4. The van der Waals surface area contributed by atoms with Gasteiger partial charge in [-0.2, -0.15) is 0 Å². The van der Waals surface area contributed by atoms with Gasteiger partial charge in [-0.3, -0.25) is 4.57 Å². The van der Waals surface area contributed by atoms with Crippen molar-refractivity contribution in [2.24, 2.45) is 0 Å². The number of imidazole rings is 1. The van der Waals surface area contributed by atoms with Gasteiger partial charge in [0, 0.05) is 12.3 Å². The normalized spacial score (nSPS) is 13.5. The van der Waals surface area contributed by atoms with E-state index in [-0.39, 0.29) is 11.3 Å². The van der Waals surface area contributed by atoms with E-state index >= 15 is 0 Å². The summed E-state index contributed by atoms with van der Waals surface area (Å²) in [4.78, 5) is 25.3. The van der Waals surface area contributed by atoms with Crippen LogP contribution in [0.5, 0.6) is 0 Å². The van der Waals surface area contributed by atoms with Gasteiger partial charge in [0.2, 0.25) is 0 Å². The van der Waals surface area contributed by atoms with Crippen molar-refractivity contribution < 1.29 is 18.3 Å². The molecule has 108 valence electrons. The molecule has 1 aromatic heterocycles. The Morgan fingerprint density at radius 2 is 2.10 bits per heavy atom. The molecule has 0 aliphatic heterocycles. The van der Waals surface area contributed by atoms with E-state index < -0.39 is 27.5 Å². The first-order valence-corrected chi connectivity index (χ1v) is 7.90. The summed E-state index contributed by atoms with van der Waals surface area (Å²) in [6.45, 7) is 1.63. The van der Waals surface area contributed by atoms with Gasteiger partial charge in [0.1, 0.15) is 9.84 Å². The van der Waals surface area contributed by atoms with Crippen LogP contribution in [0, 0.1) is 0 Å². The number of fused-ring (bicyclic) bond motifs is 1. The van der Waals surface area contributed by atoms with Crippen molar-refractivity contribution in [1.82, 2.24) is 9.55 Å². The van der Waals surface area contributed by atoms with Gasteiger partial charge in [-0.15, -0.1) is 0 Å². The van der Waals surface area contributed by atoms with Gasteiger partial charge in [0.15, 0.2) is 0 Å². The van der Waals surface area contributed by atoms with Crippen molar-refractivity contribution in [2.45, 2.75) is 13.0 Å². The molecular formula is C12H14N2O5S. The molecule has 20 heavy (non-hydrogen) atoms. The Balaban J connectivity index is 2.57. The van der Waals surface area contributed by atoms with Crippen molar-refractivity contribution >= 4 is 26.8 Å². The topological polar surface area (TPSA) is 109 Å². The van der Waals surface area contributed by atoms with Gasteiger partial charge in [-0.1, -0.05) is 0 Å². The summed E-state index contributed by atoms with van der Waals surface area (Å²) in [7, 11) is -3.22. The summed E-state index contributed by atoms with van der Waals surface area (Å²) >= 11 is 0. The zero-order valence-electron chi connectivity index (χ0n) is 11.0. The van der Waals surface area contributed by atoms with Crippen LogP contribution >= 0.6 is 0 Å². The minimum atomic E-state index is -3.22. The Morgan fingerprint density at radius 3 is 2.65 bits per heavy atom. The highest BCUT2D eigenvalue weighted by Gasteiger charge is 2.18. The van der Waals surface area contributed by atoms with Crippen LogP contribution in [-0.4, -0.2) is 41.1 Å². The number of nitrogens with zero attached hydrogens (tertiary/aromatic N) is 1. The summed E-state index contributed by atoms with van der Waals surface area (Å²) in [6.07, 6.45) is 1.10. The Hall–Kier alpha value is -2.09. The lowest BCUT2D eigenvalue weighted by Crippen LogP contribution is -2.25. The Kier molecular flexibility index (Phi) is 3.43. The third-order valence-corrected chi connectivity index (χ3v) is 4.04. The molecule has 7 nitrogen and oxygen atoms in total. The molecule has 2 aromatic rings. The van der Waals surface area contributed by atoms with Crippen molar-refractivity contribution in [1.29, 1.82) is 0 Å². The van der Waals surface area contributed by atoms with E-state index in [0.717, 1.165) is 6.26 Å². The molecule has 0 fully saturated rings. The number of benzene rings is 1. The zero-order chi connectivity index (χ0) is 15.1. The van der Waals surface area contributed by atoms with E-state index in [0.29, 0.717) is 11.0 Å². The first kappa shape index (κ1) is 14.3. The molecule has 0 saturated carbocycles. The molecular weight excluding hydrogens is 284 g/mol. The van der Waals surface area contributed by atoms with Crippen molar-refractivity contribution in [3.8, 4) is 0 Å². The number of aromatic amines is 1. The maximum absolute atomic E-state index is 11.9. The molecule has 2 rings (SSSR count). The molecule has 0 saturated heterocycles. The molecule has 8 heteroatoms. The number of aromatic nitrogens is 2. The number of nitrogens with one attached hydrogen (secondary N) is 1. The fraction of sp³-hybridized carbons (Fsp3) is 0.333. The fourth-order valence-corrected chi connectivity index (χ4v) is 3.24. The molecule has 1 atom stereocenters. The second kappa shape index (κ2) is 4.78. The minimum absolute atomic E-state index is 0.0571. The van der Waals surface area contributed by atoms with Gasteiger partial charge >= 0.3 is 11.7 Å². The van der Waals surface area contributed by atoms with Crippen LogP contribution in [0.2, 0.25) is 0 Å². The van der Waals surface area contributed by atoms with Crippen LogP contribution in [0.3, 0.4) is 0 Å². The average Bonchev–Trinajstić information content (AvgIpc) is 2.61. The third kappa shape index (κ3) is 2.74. The predicted octanol–water partition coefficient (Wildman–Crippen LogP) is 0.633. The van der Waals surface area contributed by atoms with E-state index in [2.05, 4.69) is 4.98 Å². The number of sulfone groups is 1. The molecule has 1 unspecified atom stereocenters. The smallest absolute Gasteiger partial charge is 0.335 e. The van der Waals surface area contributed by atoms with Gasteiger partial charge < -0.3 is 10.1 Å². The first-order valence-electron chi connectivity index (χ1n) is 5.84. The largest absolute Gasteiger partial charge is 0.478 e. The second-order valence-electron chi connectivity index (χ2n) is 4.78. The number of carboxylic acids is 1. The van der Waals surface area contributed by atoms with Crippen LogP contribution in [0.15, 0.2) is 23.0 Å². The van der Waals surface area contributed by atoms with Crippen molar-refractivity contribution in [3.05, 3.63) is 34.2 Å². The maximum atomic E-state index is 11.9. The SMILES string of the molecule is CC(CS(C)(=O)=O)n1c(=O)[nH]c2cc(C(=O)O)ccc21. The fourth-order valence-electron chi connectivity index (χ4n) is 2.21. The van der Waals surface area contributed by atoms with Crippen LogP contribution in [0.4, 0.5) is 0 Å². The number of rotatable bonds is 4. The van der Waals surface area contributed by atoms with E-state index in [1.165, 1.54) is 22.8 Å². The lowest BCUT2D eigenvalue weighted by Gasteiger charge is -2.12. The van der Waals surface area contributed by atoms with Crippen molar-refractivity contribution in [2.75, 3.05) is 12.0 Å². The number of carboxylic acid groups (broad SMARTS) is 1. The molecule has 0 aliphatic rings. The number of aromatic carboxylic acids is 1. The molecule has 0 aliphatic carbocycles. The summed E-state index contributed by atoms with van der Waals surface area (Å²) in [5.74, 6) is -1.26. The van der Waals surface area contributed by atoms with Crippen LogP contribution in [0.25, 0.3) is 11.0 Å². The molecule has 1 aromatic carbocycles. The highest BCUT2D eigenvalue weighted by atomic mass is 32.2. The molecule has 0 radical (unpaired) electrons. The minimum Gasteiger partial charge on any atom is -0.478 e. The Morgan fingerprint density at radius 1 is 1.45 bits per heavy atom. The quantitative estimate of drug-likeness (QED) is 0.860. The van der Waals surface area contributed by atoms with Gasteiger partial charge in [0.05, 0.1) is 22.3 Å². The Labute approximate surface area is 114 Å². The lowest BCUT2D eigenvalue weighted by atomic mass is 10.2. The summed E-state index contributed by atoms with van der Waals surface area (Å²) in [5, 5.41) is 8.90. The summed E-state index contributed by atoms with van der Waals surface area (Å²) in [6, 6.07) is 3.68. The highest BCUT2D eigenvalue weighted by Crippen LogP contribution is 2.17. The zero-order valence-corrected chi connectivity index (χ0v) is 11.8. The maximum Gasteiger partial charge on any atom is 0.335 e. The number of H-pyrrole nitrogens is 1. The van der Waals surface area contributed by atoms with E-state index in [9.17, 15) is 18.0 Å². The predicted molar refractivity (Wildman–Crippen MR) is 73.9 cm³/mol. The molecule has 0 bridgehead atoms. The Bertz CT molecular complexity index is 831. The summed E-state index contributed by atoms with van der Waals surface area (Å²) in [5.41, 5.74) is 0.451. The van der Waals surface area contributed by atoms with Gasteiger partial charge in [-0.05, 0) is 25.1 Å². The lowest BCUT2D eigenvalue weighted by molar-refractivity contribution is 0.0697. The molecule has 2 N–H and O–H groups in total. The van der Waals surface area contributed by atoms with Gasteiger partial charge in [0.25, 0.3) is 0 Å². The number of carbonyl (C=O) groups is 1. The van der Waals surface area contributed by atoms with E-state index in [1.54, 1.807) is 6.92 Å². The molecule has 0 amide bonds. The van der Waals surface area contributed by atoms with E-state index in [4.69, 9.17) is 5.11 Å². The molecule has 1 heterocycles. The van der Waals surface area contributed by atoms with Crippen LogP contribution < -0.4 is 5.69 Å². The van der Waals surface area contributed by atoms with Crippen LogP contribution in [-0.2, 0) is 9.84 Å². The van der Waals surface area contributed by atoms with Crippen LogP contribution in [0.1, 0.15) is 23.3 Å². The highest BCUT2D eigenvalue weighted by molar-refractivity contribution is 7.90. The first-order chi connectivity index (χ1) is 9.19. The second-order valence-corrected chi connectivity index (χ2v) is 6.96. The molecule has 0 spiro atoms. The average molecular weight is 298 g/mol. The summed E-state index contributed by atoms with van der Waals surface area (Å²) < 4.78 is 24.0. The third-order valence-electron chi connectivity index (χ3n) is 2.95. The number of hydrogen-bond donors (Lipinski definition) is 2. The van der Waals surface area contributed by atoms with E-state index in [1.807, 2.05) is 0 Å².